The van der Waals surface area contributed by atoms with E-state index in [-0.39, 0.29) is 5.91 Å². The summed E-state index contributed by atoms with van der Waals surface area (Å²) in [6.45, 7) is 3.66. The highest BCUT2D eigenvalue weighted by Crippen LogP contribution is 2.33. The van der Waals surface area contributed by atoms with Crippen molar-refractivity contribution >= 4 is 17.5 Å². The van der Waals surface area contributed by atoms with Crippen LogP contribution in [-0.2, 0) is 0 Å². The highest BCUT2D eigenvalue weighted by molar-refractivity contribution is 6.17. The van der Waals surface area contributed by atoms with Gasteiger partial charge in [-0.2, -0.15) is 0 Å². The van der Waals surface area contributed by atoms with Crippen molar-refractivity contribution in [1.82, 2.24) is 5.32 Å². The van der Waals surface area contributed by atoms with E-state index in [2.05, 4.69) is 12.2 Å². The van der Waals surface area contributed by atoms with Crippen molar-refractivity contribution < 1.29 is 14.3 Å². The van der Waals surface area contributed by atoms with Gasteiger partial charge in [-0.1, -0.05) is 13.0 Å². The Balaban J connectivity index is 2.03. The second-order valence-corrected chi connectivity index (χ2v) is 5.00. The molecule has 4 nitrogen and oxygen atoms in total. The van der Waals surface area contributed by atoms with Crippen LogP contribution in [0, 0.1) is 5.92 Å². The van der Waals surface area contributed by atoms with Gasteiger partial charge in [-0.3, -0.25) is 4.79 Å². The summed E-state index contributed by atoms with van der Waals surface area (Å²) in [6.07, 6.45) is 0.883. The van der Waals surface area contributed by atoms with Gasteiger partial charge in [0.05, 0.1) is 5.56 Å². The zero-order chi connectivity index (χ0) is 13.7. The molecule has 0 radical (unpaired) electrons. The van der Waals surface area contributed by atoms with Gasteiger partial charge in [-0.05, 0) is 24.5 Å². The number of amides is 1. The number of carbonyl (C=O) groups is 1. The van der Waals surface area contributed by atoms with Gasteiger partial charge in [-0.25, -0.2) is 0 Å². The van der Waals surface area contributed by atoms with Gasteiger partial charge in [0.1, 0.15) is 13.2 Å². The zero-order valence-electron chi connectivity index (χ0n) is 10.9. The minimum atomic E-state index is -0.135. The molecule has 19 heavy (non-hydrogen) atoms. The van der Waals surface area contributed by atoms with E-state index in [1.807, 2.05) is 0 Å². The average molecular weight is 284 g/mol. The Morgan fingerprint density at radius 2 is 2.21 bits per heavy atom. The first-order valence-electron chi connectivity index (χ1n) is 6.45. The monoisotopic (exact) mass is 283 g/mol. The Hall–Kier alpha value is -1.42. The van der Waals surface area contributed by atoms with Crippen LogP contribution in [0.15, 0.2) is 18.2 Å². The number of para-hydroxylation sites is 1. The average Bonchev–Trinajstić information content (AvgIpc) is 2.44. The van der Waals surface area contributed by atoms with Gasteiger partial charge in [0, 0.05) is 12.4 Å². The van der Waals surface area contributed by atoms with Gasteiger partial charge in [0.15, 0.2) is 11.5 Å². The Labute approximate surface area is 118 Å². The van der Waals surface area contributed by atoms with E-state index >= 15 is 0 Å². The molecule has 0 spiro atoms. The molecule has 0 saturated carbocycles. The quantitative estimate of drug-likeness (QED) is 0.845. The standard InChI is InChI=1S/C14H18ClNO3/c1-10(5-6-15)9-16-14(17)11-3-2-4-12-13(11)19-8-7-18-12/h2-4,10H,5-9H2,1H3,(H,16,17). The molecule has 1 aliphatic heterocycles. The molecule has 1 aromatic rings. The third kappa shape index (κ3) is 3.53. The van der Waals surface area contributed by atoms with E-state index in [9.17, 15) is 4.79 Å². The minimum absolute atomic E-state index is 0.135. The van der Waals surface area contributed by atoms with E-state index in [4.69, 9.17) is 21.1 Å². The maximum absolute atomic E-state index is 12.1. The largest absolute Gasteiger partial charge is 0.486 e. The zero-order valence-corrected chi connectivity index (χ0v) is 11.7. The van der Waals surface area contributed by atoms with Crippen LogP contribution < -0.4 is 14.8 Å². The molecule has 1 aliphatic rings. The van der Waals surface area contributed by atoms with E-state index in [0.717, 1.165) is 6.42 Å². The van der Waals surface area contributed by atoms with Crippen LogP contribution in [0.1, 0.15) is 23.7 Å². The predicted octanol–water partition coefficient (Wildman–Crippen LogP) is 2.45. The number of hydrogen-bond acceptors (Lipinski definition) is 3. The SMILES string of the molecule is CC(CCCl)CNC(=O)c1cccc2c1OCCO2. The highest BCUT2D eigenvalue weighted by atomic mass is 35.5. The fourth-order valence-electron chi connectivity index (χ4n) is 1.90. The van der Waals surface area contributed by atoms with E-state index in [1.54, 1.807) is 18.2 Å². The number of ether oxygens (including phenoxy) is 2. The maximum atomic E-state index is 12.1. The normalized spacial score (nSPS) is 14.8. The number of rotatable bonds is 5. The summed E-state index contributed by atoms with van der Waals surface area (Å²) in [4.78, 5) is 12.1. The van der Waals surface area contributed by atoms with Crippen molar-refractivity contribution in [2.75, 3.05) is 25.6 Å². The number of hydrogen-bond donors (Lipinski definition) is 1. The first-order valence-corrected chi connectivity index (χ1v) is 6.98. The summed E-state index contributed by atoms with van der Waals surface area (Å²) in [7, 11) is 0. The topological polar surface area (TPSA) is 47.6 Å². The Morgan fingerprint density at radius 3 is 3.00 bits per heavy atom. The summed E-state index contributed by atoms with van der Waals surface area (Å²) in [5.41, 5.74) is 0.523. The summed E-state index contributed by atoms with van der Waals surface area (Å²) in [5, 5.41) is 2.90. The van der Waals surface area contributed by atoms with Gasteiger partial charge in [-0.15, -0.1) is 11.6 Å². The number of fused-ring (bicyclic) bond motifs is 1. The van der Waals surface area contributed by atoms with Crippen molar-refractivity contribution in [1.29, 1.82) is 0 Å². The Morgan fingerprint density at radius 1 is 1.42 bits per heavy atom. The van der Waals surface area contributed by atoms with E-state index in [0.29, 0.717) is 48.6 Å². The van der Waals surface area contributed by atoms with Crippen LogP contribution in [0.2, 0.25) is 0 Å². The number of nitrogens with one attached hydrogen (secondary N) is 1. The van der Waals surface area contributed by atoms with Gasteiger partial charge >= 0.3 is 0 Å². The molecule has 5 heteroatoms. The van der Waals surface area contributed by atoms with Crippen molar-refractivity contribution in [3.63, 3.8) is 0 Å². The third-order valence-corrected chi connectivity index (χ3v) is 3.24. The molecule has 0 bridgehead atoms. The first kappa shape index (κ1) is 14.0. The maximum Gasteiger partial charge on any atom is 0.255 e. The number of alkyl halides is 1. The molecule has 104 valence electrons. The molecule has 1 amide bonds. The molecule has 0 fully saturated rings. The lowest BCUT2D eigenvalue weighted by atomic mass is 10.1. The molecule has 0 saturated heterocycles. The van der Waals surface area contributed by atoms with Crippen molar-refractivity contribution in [2.24, 2.45) is 5.92 Å². The molecule has 0 aromatic heterocycles. The van der Waals surface area contributed by atoms with Crippen LogP contribution in [-0.4, -0.2) is 31.5 Å². The van der Waals surface area contributed by atoms with Crippen molar-refractivity contribution in [2.45, 2.75) is 13.3 Å². The van der Waals surface area contributed by atoms with Crippen LogP contribution in [0.5, 0.6) is 11.5 Å². The van der Waals surface area contributed by atoms with E-state index < -0.39 is 0 Å². The van der Waals surface area contributed by atoms with Gasteiger partial charge in [0.25, 0.3) is 5.91 Å². The number of carbonyl (C=O) groups excluding carboxylic acids is 1. The molecule has 1 unspecified atom stereocenters. The number of benzene rings is 1. The predicted molar refractivity (Wildman–Crippen MR) is 74.3 cm³/mol. The third-order valence-electron chi connectivity index (χ3n) is 3.02. The Bertz CT molecular complexity index is 450. The molecule has 1 heterocycles. The smallest absolute Gasteiger partial charge is 0.255 e. The molecule has 1 atom stereocenters. The summed E-state index contributed by atoms with van der Waals surface area (Å²) < 4.78 is 11.0. The Kier molecular flexibility index (Phi) is 4.91. The van der Waals surface area contributed by atoms with Crippen LogP contribution in [0.25, 0.3) is 0 Å². The molecule has 1 N–H and O–H groups in total. The lowest BCUT2D eigenvalue weighted by molar-refractivity contribution is 0.0936. The lowest BCUT2D eigenvalue weighted by Crippen LogP contribution is -2.29. The van der Waals surface area contributed by atoms with Crippen LogP contribution in [0.4, 0.5) is 0 Å². The molecular formula is C14H18ClNO3. The van der Waals surface area contributed by atoms with Crippen LogP contribution in [0.3, 0.4) is 0 Å². The lowest BCUT2D eigenvalue weighted by Gasteiger charge is -2.20. The molecule has 1 aromatic carbocycles. The first-order chi connectivity index (χ1) is 9.22. The molecule has 0 aliphatic carbocycles. The molecule has 2 rings (SSSR count). The van der Waals surface area contributed by atoms with Crippen molar-refractivity contribution in [3.8, 4) is 11.5 Å². The summed E-state index contributed by atoms with van der Waals surface area (Å²) >= 11 is 5.67. The fourth-order valence-corrected chi connectivity index (χ4v) is 2.28. The molecular weight excluding hydrogens is 266 g/mol. The minimum Gasteiger partial charge on any atom is -0.486 e. The summed E-state index contributed by atoms with van der Waals surface area (Å²) in [5.74, 6) is 2.00. The van der Waals surface area contributed by atoms with Gasteiger partial charge in [0.2, 0.25) is 0 Å². The van der Waals surface area contributed by atoms with Crippen molar-refractivity contribution in [3.05, 3.63) is 23.8 Å². The van der Waals surface area contributed by atoms with Gasteiger partial charge < -0.3 is 14.8 Å². The van der Waals surface area contributed by atoms with Crippen LogP contribution >= 0.6 is 11.6 Å². The highest BCUT2D eigenvalue weighted by Gasteiger charge is 2.20. The fraction of sp³-hybridized carbons (Fsp3) is 0.500. The summed E-state index contributed by atoms with van der Waals surface area (Å²) in [6, 6.07) is 5.35. The van der Waals surface area contributed by atoms with E-state index in [1.165, 1.54) is 0 Å². The second kappa shape index (κ2) is 6.66. The second-order valence-electron chi connectivity index (χ2n) is 4.62. The number of halogens is 1.